The molecule has 12 rings (SSSR count). The molecule has 0 fully saturated rings. The van der Waals surface area contributed by atoms with E-state index in [1.807, 2.05) is 12.1 Å². The van der Waals surface area contributed by atoms with Crippen LogP contribution in [0, 0.1) is 0 Å². The lowest BCUT2D eigenvalue weighted by Gasteiger charge is -2.30. The minimum atomic E-state index is -0.406. The Morgan fingerprint density at radius 1 is 0.230 bits per heavy atom. The molecule has 1 spiro atoms. The van der Waals surface area contributed by atoms with E-state index in [0.29, 0.717) is 17.5 Å². The van der Waals surface area contributed by atoms with Crippen LogP contribution in [0.5, 0.6) is 0 Å². The maximum absolute atomic E-state index is 5.20. The highest BCUT2D eigenvalue weighted by Gasteiger charge is 2.51. The third-order valence-electron chi connectivity index (χ3n) is 12.6. The Morgan fingerprint density at radius 2 is 0.574 bits per heavy atom. The summed E-state index contributed by atoms with van der Waals surface area (Å²) < 4.78 is 0. The highest BCUT2D eigenvalue weighted by Crippen LogP contribution is 2.63. The molecule has 284 valence electrons. The minimum Gasteiger partial charge on any atom is -0.208 e. The van der Waals surface area contributed by atoms with Crippen molar-refractivity contribution in [2.75, 3.05) is 0 Å². The van der Waals surface area contributed by atoms with E-state index < -0.39 is 5.41 Å². The Bertz CT molecular complexity index is 3130. The first-order valence-corrected chi connectivity index (χ1v) is 20.9. The molecular weight excluding hydrogens is 739 g/mol. The van der Waals surface area contributed by atoms with Gasteiger partial charge in [-0.1, -0.05) is 218 Å². The molecule has 61 heavy (non-hydrogen) atoms. The molecule has 0 amide bonds. The van der Waals surface area contributed by atoms with Crippen molar-refractivity contribution in [1.29, 1.82) is 0 Å². The number of aromatic nitrogens is 3. The van der Waals surface area contributed by atoms with Crippen LogP contribution in [0.4, 0.5) is 0 Å². The second kappa shape index (κ2) is 14.1. The van der Waals surface area contributed by atoms with Gasteiger partial charge in [-0.2, -0.15) is 0 Å². The number of nitrogens with zero attached hydrogens (tertiary/aromatic N) is 3. The molecule has 1 aromatic heterocycles. The SMILES string of the molecule is c1ccc(-c2ccc(-c3nc(-c4ccc(-c5ccccc5)cc4)nc(-c4cccc(-c5cccc6c5-c5ccccc5C65c6ccccc6-c6ccccc65)c4)n3)cc2)cc1. The van der Waals surface area contributed by atoms with Crippen LogP contribution in [0.1, 0.15) is 22.3 Å². The fourth-order valence-corrected chi connectivity index (χ4v) is 9.86. The zero-order valence-electron chi connectivity index (χ0n) is 33.2. The van der Waals surface area contributed by atoms with Gasteiger partial charge >= 0.3 is 0 Å². The molecule has 0 atom stereocenters. The van der Waals surface area contributed by atoms with E-state index in [-0.39, 0.29) is 0 Å². The zero-order chi connectivity index (χ0) is 40.3. The molecule has 0 radical (unpaired) electrons. The lowest BCUT2D eigenvalue weighted by molar-refractivity contribution is 0.794. The maximum atomic E-state index is 5.20. The number of fused-ring (bicyclic) bond motifs is 10. The van der Waals surface area contributed by atoms with Crippen molar-refractivity contribution in [3.05, 3.63) is 247 Å². The van der Waals surface area contributed by atoms with E-state index in [1.165, 1.54) is 61.2 Å². The molecular formula is C58H37N3. The third-order valence-corrected chi connectivity index (χ3v) is 12.6. The molecule has 2 aliphatic carbocycles. The fraction of sp³-hybridized carbons (Fsp3) is 0.0172. The van der Waals surface area contributed by atoms with E-state index in [4.69, 9.17) is 15.0 Å². The van der Waals surface area contributed by atoms with E-state index in [0.717, 1.165) is 33.4 Å². The van der Waals surface area contributed by atoms with Gasteiger partial charge < -0.3 is 0 Å². The lowest BCUT2D eigenvalue weighted by atomic mass is 9.70. The monoisotopic (exact) mass is 775 g/mol. The number of rotatable bonds is 6. The van der Waals surface area contributed by atoms with Crippen molar-refractivity contribution in [3.63, 3.8) is 0 Å². The topological polar surface area (TPSA) is 38.7 Å². The van der Waals surface area contributed by atoms with Crippen LogP contribution in [0.3, 0.4) is 0 Å². The average Bonchev–Trinajstić information content (AvgIpc) is 3.82. The van der Waals surface area contributed by atoms with Gasteiger partial charge in [0.2, 0.25) is 0 Å². The predicted octanol–water partition coefficient (Wildman–Crippen LogP) is 14.2. The van der Waals surface area contributed by atoms with Crippen molar-refractivity contribution in [2.24, 2.45) is 0 Å². The Balaban J connectivity index is 1.01. The first kappa shape index (κ1) is 35.0. The second-order valence-corrected chi connectivity index (χ2v) is 15.9. The highest BCUT2D eigenvalue weighted by atomic mass is 15.0. The second-order valence-electron chi connectivity index (χ2n) is 15.9. The summed E-state index contributed by atoms with van der Waals surface area (Å²) in [6.45, 7) is 0. The van der Waals surface area contributed by atoms with Crippen molar-refractivity contribution < 1.29 is 0 Å². The minimum absolute atomic E-state index is 0.406. The van der Waals surface area contributed by atoms with Crippen LogP contribution >= 0.6 is 0 Å². The van der Waals surface area contributed by atoms with E-state index in [2.05, 4.69) is 212 Å². The molecule has 0 saturated carbocycles. The van der Waals surface area contributed by atoms with Gasteiger partial charge in [-0.05, 0) is 84.0 Å². The summed E-state index contributed by atoms with van der Waals surface area (Å²) in [6, 6.07) is 80.4. The van der Waals surface area contributed by atoms with Crippen LogP contribution in [0.25, 0.3) is 89.8 Å². The van der Waals surface area contributed by atoms with Gasteiger partial charge in [-0.3, -0.25) is 0 Å². The summed E-state index contributed by atoms with van der Waals surface area (Å²) in [6.07, 6.45) is 0. The normalized spacial score (nSPS) is 12.7. The van der Waals surface area contributed by atoms with Crippen molar-refractivity contribution in [1.82, 2.24) is 15.0 Å². The molecule has 0 N–H and O–H groups in total. The van der Waals surface area contributed by atoms with Crippen molar-refractivity contribution in [3.8, 4) is 89.8 Å². The van der Waals surface area contributed by atoms with E-state index in [1.54, 1.807) is 0 Å². The van der Waals surface area contributed by atoms with Crippen LogP contribution in [-0.2, 0) is 5.41 Å². The van der Waals surface area contributed by atoms with Crippen LogP contribution in [-0.4, -0.2) is 15.0 Å². The van der Waals surface area contributed by atoms with Gasteiger partial charge in [0.25, 0.3) is 0 Å². The fourth-order valence-electron chi connectivity index (χ4n) is 9.86. The summed E-state index contributed by atoms with van der Waals surface area (Å²) in [5.41, 5.74) is 19.8. The van der Waals surface area contributed by atoms with Crippen LogP contribution < -0.4 is 0 Å². The molecule has 2 aliphatic rings. The van der Waals surface area contributed by atoms with E-state index in [9.17, 15) is 0 Å². The number of hydrogen-bond donors (Lipinski definition) is 0. The Kier molecular flexibility index (Phi) is 8.07. The molecule has 9 aromatic carbocycles. The first-order valence-electron chi connectivity index (χ1n) is 20.9. The average molecular weight is 776 g/mol. The Morgan fingerprint density at radius 3 is 1.11 bits per heavy atom. The highest BCUT2D eigenvalue weighted by molar-refractivity contribution is 6.00. The standard InChI is InChI=1S/C58H37N3/c1-3-15-38(16-4-1)40-29-33-42(34-30-40)55-59-56(43-35-31-41(32-36-43)39-17-5-2-6-18-39)61-57(60-55)45-20-13-19-44(37-45)46-24-14-28-53-54(46)49-23-9-12-27-52(49)58(53)50-25-10-7-21-47(50)48-22-8-11-26-51(48)58/h1-37H. The van der Waals surface area contributed by atoms with Crippen molar-refractivity contribution >= 4 is 0 Å². The summed E-state index contributed by atoms with van der Waals surface area (Å²) >= 11 is 0. The quantitative estimate of drug-likeness (QED) is 0.169. The summed E-state index contributed by atoms with van der Waals surface area (Å²) in [4.78, 5) is 15.5. The van der Waals surface area contributed by atoms with Gasteiger partial charge in [-0.25, -0.2) is 15.0 Å². The summed E-state index contributed by atoms with van der Waals surface area (Å²) in [7, 11) is 0. The number of hydrogen-bond acceptors (Lipinski definition) is 3. The van der Waals surface area contributed by atoms with Gasteiger partial charge in [0.05, 0.1) is 5.41 Å². The number of benzene rings is 9. The van der Waals surface area contributed by atoms with Crippen LogP contribution in [0.15, 0.2) is 224 Å². The Hall–Kier alpha value is -8.01. The summed E-state index contributed by atoms with van der Waals surface area (Å²) in [5, 5.41) is 0. The predicted molar refractivity (Wildman–Crippen MR) is 249 cm³/mol. The first-order chi connectivity index (χ1) is 30.2. The molecule has 0 unspecified atom stereocenters. The van der Waals surface area contributed by atoms with E-state index >= 15 is 0 Å². The Labute approximate surface area is 355 Å². The molecule has 0 bridgehead atoms. The van der Waals surface area contributed by atoms with Crippen molar-refractivity contribution in [2.45, 2.75) is 5.41 Å². The smallest absolute Gasteiger partial charge is 0.164 e. The van der Waals surface area contributed by atoms with Gasteiger partial charge in [0.1, 0.15) is 0 Å². The van der Waals surface area contributed by atoms with Gasteiger partial charge in [-0.15, -0.1) is 0 Å². The van der Waals surface area contributed by atoms with Gasteiger partial charge in [0, 0.05) is 16.7 Å². The maximum Gasteiger partial charge on any atom is 0.164 e. The molecule has 1 heterocycles. The zero-order valence-corrected chi connectivity index (χ0v) is 33.2. The van der Waals surface area contributed by atoms with Gasteiger partial charge in [0.15, 0.2) is 17.5 Å². The van der Waals surface area contributed by atoms with Crippen LogP contribution in [0.2, 0.25) is 0 Å². The molecule has 3 nitrogen and oxygen atoms in total. The molecule has 3 heteroatoms. The lowest BCUT2D eigenvalue weighted by Crippen LogP contribution is -2.25. The largest absolute Gasteiger partial charge is 0.208 e. The molecule has 10 aromatic rings. The summed E-state index contributed by atoms with van der Waals surface area (Å²) in [5.74, 6) is 1.89. The molecule has 0 saturated heterocycles. The third kappa shape index (κ3) is 5.55. The molecule has 0 aliphatic heterocycles.